The fourth-order valence-electron chi connectivity index (χ4n) is 4.70. The summed E-state index contributed by atoms with van der Waals surface area (Å²) in [6.07, 6.45) is -3.97. The first-order chi connectivity index (χ1) is 18.2. The number of furan rings is 1. The van der Waals surface area contributed by atoms with Gasteiger partial charge in [0.2, 0.25) is 0 Å². The van der Waals surface area contributed by atoms with Crippen molar-refractivity contribution in [1.82, 2.24) is 9.80 Å². The maximum Gasteiger partial charge on any atom is 0.490 e. The zero-order chi connectivity index (χ0) is 29.3. The van der Waals surface area contributed by atoms with Crippen LogP contribution in [0.5, 0.6) is 0 Å². The minimum absolute atomic E-state index is 0.429. The Morgan fingerprint density at radius 2 is 1.59 bits per heavy atom. The molecule has 2 aromatic rings. The summed E-state index contributed by atoms with van der Waals surface area (Å²) >= 11 is 1.80. The molecule has 220 valence electrons. The van der Waals surface area contributed by atoms with Crippen molar-refractivity contribution >= 4 is 23.3 Å². The van der Waals surface area contributed by atoms with Gasteiger partial charge in [0.05, 0.1) is 19.1 Å². The van der Waals surface area contributed by atoms with Crippen LogP contribution in [-0.2, 0) is 27.4 Å². The number of aliphatic carboxylic acids is 2. The highest BCUT2D eigenvalue weighted by Gasteiger charge is 2.47. The number of rotatable bonds is 6. The van der Waals surface area contributed by atoms with E-state index in [0.29, 0.717) is 11.3 Å². The molecule has 2 saturated heterocycles. The molecule has 1 unspecified atom stereocenters. The molecule has 0 bridgehead atoms. The Hall–Kier alpha value is -2.62. The van der Waals surface area contributed by atoms with Crippen LogP contribution < -0.4 is 0 Å². The molecule has 2 aliphatic rings. The third kappa shape index (κ3) is 10.5. The molecule has 15 heteroatoms. The number of carboxylic acid groups (broad SMARTS) is 2. The number of likely N-dealkylation sites (tertiary alicyclic amines) is 2. The van der Waals surface area contributed by atoms with Crippen LogP contribution in [0.2, 0.25) is 0 Å². The molecular formula is C24H30F6N2O6S. The fourth-order valence-corrected chi connectivity index (χ4v) is 5.36. The van der Waals surface area contributed by atoms with Gasteiger partial charge in [-0.05, 0) is 59.8 Å². The van der Waals surface area contributed by atoms with Gasteiger partial charge in [0.15, 0.2) is 0 Å². The summed E-state index contributed by atoms with van der Waals surface area (Å²) in [5.41, 5.74) is 3.17. The van der Waals surface area contributed by atoms with Crippen molar-refractivity contribution in [2.24, 2.45) is 11.3 Å². The van der Waals surface area contributed by atoms with E-state index >= 15 is 0 Å². The maximum absolute atomic E-state index is 10.6. The number of carbonyl (C=O) groups is 2. The van der Waals surface area contributed by atoms with Gasteiger partial charge in [0.25, 0.3) is 0 Å². The molecule has 2 fully saturated rings. The molecular weight excluding hydrogens is 558 g/mol. The summed E-state index contributed by atoms with van der Waals surface area (Å²) in [6, 6.07) is 4.34. The number of piperidine rings is 1. The summed E-state index contributed by atoms with van der Waals surface area (Å²) in [7, 11) is 1.85. The van der Waals surface area contributed by atoms with Crippen LogP contribution in [0.3, 0.4) is 0 Å². The zero-order valence-electron chi connectivity index (χ0n) is 21.0. The van der Waals surface area contributed by atoms with Gasteiger partial charge in [-0.2, -0.15) is 37.7 Å². The highest BCUT2D eigenvalue weighted by Crippen LogP contribution is 2.45. The third-order valence-electron chi connectivity index (χ3n) is 6.56. The van der Waals surface area contributed by atoms with Crippen molar-refractivity contribution in [3.05, 3.63) is 46.5 Å². The van der Waals surface area contributed by atoms with E-state index in [-0.39, 0.29) is 0 Å². The van der Waals surface area contributed by atoms with Gasteiger partial charge in [-0.25, -0.2) is 9.59 Å². The molecule has 1 spiro atoms. The van der Waals surface area contributed by atoms with Crippen LogP contribution in [0.4, 0.5) is 26.3 Å². The predicted octanol–water partition coefficient (Wildman–Crippen LogP) is 4.97. The molecule has 8 nitrogen and oxygen atoms in total. The van der Waals surface area contributed by atoms with E-state index in [2.05, 4.69) is 32.7 Å². The number of nitrogens with zero attached hydrogens (tertiary/aromatic N) is 2. The summed E-state index contributed by atoms with van der Waals surface area (Å²) < 4.78 is 74.3. The predicted molar refractivity (Wildman–Crippen MR) is 128 cm³/mol. The van der Waals surface area contributed by atoms with Crippen LogP contribution in [-0.4, -0.2) is 84.2 Å². The highest BCUT2D eigenvalue weighted by atomic mass is 32.1. The quantitative estimate of drug-likeness (QED) is 0.457. The Balaban J connectivity index is 0.000000317. The Morgan fingerprint density at radius 1 is 1.03 bits per heavy atom. The Bertz CT molecular complexity index is 981. The van der Waals surface area contributed by atoms with Gasteiger partial charge in [-0.15, -0.1) is 0 Å². The van der Waals surface area contributed by atoms with E-state index in [1.54, 1.807) is 17.6 Å². The zero-order valence-corrected chi connectivity index (χ0v) is 21.8. The number of carboxylic acids is 2. The lowest BCUT2D eigenvalue weighted by molar-refractivity contribution is -0.193. The molecule has 0 aliphatic carbocycles. The topological polar surface area (TPSA) is 103 Å². The average molecular weight is 589 g/mol. The number of halogens is 6. The lowest BCUT2D eigenvalue weighted by atomic mass is 9.71. The summed E-state index contributed by atoms with van der Waals surface area (Å²) in [4.78, 5) is 23.0. The largest absolute Gasteiger partial charge is 0.490 e. The molecule has 0 radical (unpaired) electrons. The average Bonchev–Trinajstić information content (AvgIpc) is 3.59. The van der Waals surface area contributed by atoms with Crippen molar-refractivity contribution in [3.8, 4) is 0 Å². The monoisotopic (exact) mass is 588 g/mol. The highest BCUT2D eigenvalue weighted by molar-refractivity contribution is 7.07. The Labute approximate surface area is 224 Å². The number of hydrogen-bond acceptors (Lipinski definition) is 7. The third-order valence-corrected chi connectivity index (χ3v) is 7.29. The molecule has 2 N–H and O–H groups in total. The van der Waals surface area contributed by atoms with Crippen molar-refractivity contribution in [1.29, 1.82) is 0 Å². The summed E-state index contributed by atoms with van der Waals surface area (Å²) in [6.45, 7) is 7.74. The van der Waals surface area contributed by atoms with Gasteiger partial charge in [0, 0.05) is 44.8 Å². The second-order valence-corrected chi connectivity index (χ2v) is 10.1. The number of thiophene rings is 1. The molecule has 0 amide bonds. The lowest BCUT2D eigenvalue weighted by Gasteiger charge is -2.42. The van der Waals surface area contributed by atoms with E-state index in [9.17, 15) is 26.3 Å². The van der Waals surface area contributed by atoms with E-state index in [0.717, 1.165) is 19.7 Å². The lowest BCUT2D eigenvalue weighted by Crippen LogP contribution is -2.44. The minimum Gasteiger partial charge on any atom is -0.475 e. The van der Waals surface area contributed by atoms with Gasteiger partial charge < -0.3 is 19.4 Å². The fraction of sp³-hybridized carbons (Fsp3) is 0.583. The molecule has 39 heavy (non-hydrogen) atoms. The second kappa shape index (κ2) is 14.1. The summed E-state index contributed by atoms with van der Waals surface area (Å²) in [5.74, 6) is -4.85. The Morgan fingerprint density at radius 3 is 2.03 bits per heavy atom. The standard InChI is InChI=1S/C20H28N2O2S.2C2HF3O2/c1-23-14-19-12-22(11-18-3-9-25-15-18)16-20(19)4-6-21(7-5-20)10-17-2-8-24-13-17;2*3-2(4,5)1(6)7/h2-3,8-9,13,15,19H,4-7,10-12,14,16H2,1H3;2*(H,6,7). The van der Waals surface area contributed by atoms with Crippen molar-refractivity contribution in [2.45, 2.75) is 38.3 Å². The number of methoxy groups -OCH3 is 1. The van der Waals surface area contributed by atoms with Gasteiger partial charge >= 0.3 is 24.3 Å². The van der Waals surface area contributed by atoms with Crippen LogP contribution in [0, 0.1) is 11.3 Å². The van der Waals surface area contributed by atoms with Crippen LogP contribution in [0.25, 0.3) is 0 Å². The SMILES string of the molecule is COCC1CN(Cc2ccsc2)CC12CCN(Cc1ccoc1)CC2.O=C(O)C(F)(F)F.O=C(O)C(F)(F)F. The molecule has 0 saturated carbocycles. The molecule has 0 aromatic carbocycles. The number of ether oxygens (including phenoxy) is 1. The molecule has 1 atom stereocenters. The first kappa shape index (κ1) is 32.6. The van der Waals surface area contributed by atoms with Gasteiger partial charge in [-0.1, -0.05) is 0 Å². The van der Waals surface area contributed by atoms with Gasteiger partial charge in [0.1, 0.15) is 0 Å². The van der Waals surface area contributed by atoms with Gasteiger partial charge in [-0.3, -0.25) is 9.80 Å². The Kier molecular flexibility index (Phi) is 11.8. The second-order valence-electron chi connectivity index (χ2n) is 9.33. The smallest absolute Gasteiger partial charge is 0.475 e. The van der Waals surface area contributed by atoms with E-state index in [1.807, 2.05) is 13.4 Å². The molecule has 4 rings (SSSR count). The van der Waals surface area contributed by atoms with Crippen LogP contribution >= 0.6 is 11.3 Å². The summed E-state index contributed by atoms with van der Waals surface area (Å²) in [5, 5.41) is 18.7. The first-order valence-corrected chi connectivity index (χ1v) is 12.7. The van der Waals surface area contributed by atoms with Crippen LogP contribution in [0.1, 0.15) is 24.0 Å². The van der Waals surface area contributed by atoms with Crippen molar-refractivity contribution in [3.63, 3.8) is 0 Å². The normalized spacial score (nSPS) is 19.6. The molecule has 2 aromatic heterocycles. The van der Waals surface area contributed by atoms with E-state index < -0.39 is 24.3 Å². The van der Waals surface area contributed by atoms with Crippen molar-refractivity contribution in [2.75, 3.05) is 39.9 Å². The van der Waals surface area contributed by atoms with Crippen molar-refractivity contribution < 1.29 is 55.3 Å². The molecule has 4 heterocycles. The minimum atomic E-state index is -5.08. The molecule has 2 aliphatic heterocycles. The van der Waals surface area contributed by atoms with E-state index in [4.69, 9.17) is 29.0 Å². The van der Waals surface area contributed by atoms with Crippen LogP contribution in [0.15, 0.2) is 39.8 Å². The first-order valence-electron chi connectivity index (χ1n) is 11.7. The maximum atomic E-state index is 10.6. The van der Waals surface area contributed by atoms with E-state index in [1.165, 1.54) is 50.1 Å². The number of alkyl halides is 6. The number of hydrogen-bond donors (Lipinski definition) is 2.